The van der Waals surface area contributed by atoms with Crippen molar-refractivity contribution in [1.82, 2.24) is 24.6 Å². The van der Waals surface area contributed by atoms with Crippen molar-refractivity contribution in [3.63, 3.8) is 0 Å². The van der Waals surface area contributed by atoms with Crippen molar-refractivity contribution in [2.45, 2.75) is 46.8 Å². The maximum Gasteiger partial charge on any atom is 0.174 e. The normalized spacial score (nSPS) is 11.4. The third kappa shape index (κ3) is 4.71. The highest BCUT2D eigenvalue weighted by molar-refractivity contribution is 5.39. The van der Waals surface area contributed by atoms with Crippen molar-refractivity contribution in [3.8, 4) is 5.82 Å². The van der Waals surface area contributed by atoms with Gasteiger partial charge in [0.25, 0.3) is 0 Å². The van der Waals surface area contributed by atoms with Crippen molar-refractivity contribution < 1.29 is 0 Å². The first kappa shape index (κ1) is 19.0. The molecule has 0 aliphatic rings. The van der Waals surface area contributed by atoms with Gasteiger partial charge in [-0.05, 0) is 51.9 Å². The van der Waals surface area contributed by atoms with Crippen LogP contribution in [-0.2, 0) is 13.1 Å². The highest BCUT2D eigenvalue weighted by atomic mass is 15.3. The molecule has 0 unspecified atom stereocenters. The molecular weight excluding hydrogens is 336 g/mol. The van der Waals surface area contributed by atoms with E-state index in [1.807, 2.05) is 24.6 Å². The van der Waals surface area contributed by atoms with Gasteiger partial charge in [-0.25, -0.2) is 9.67 Å². The first-order valence-corrected chi connectivity index (χ1v) is 9.30. The number of hydrogen-bond acceptors (Lipinski definition) is 5. The molecule has 6 nitrogen and oxygen atoms in total. The topological polar surface area (TPSA) is 58.9 Å². The molecule has 0 aliphatic carbocycles. The van der Waals surface area contributed by atoms with Gasteiger partial charge in [-0.3, -0.25) is 9.88 Å². The van der Waals surface area contributed by atoms with E-state index in [9.17, 15) is 0 Å². The number of aryl methyl sites for hydroxylation is 2. The highest BCUT2D eigenvalue weighted by Crippen LogP contribution is 2.15. The molecule has 0 saturated heterocycles. The number of nitrogens with zero attached hydrogens (tertiary/aromatic N) is 5. The molecule has 6 heteroatoms. The summed E-state index contributed by atoms with van der Waals surface area (Å²) >= 11 is 0. The first-order chi connectivity index (χ1) is 12.9. The SMILES string of the molecule is Cc1cc(C)n(-c2cncc(NCc3ccccc3CN(C)C(C)C)n2)n1. The fraction of sp³-hybridized carbons (Fsp3) is 0.381. The van der Waals surface area contributed by atoms with Gasteiger partial charge in [-0.2, -0.15) is 5.10 Å². The smallest absolute Gasteiger partial charge is 0.174 e. The van der Waals surface area contributed by atoms with E-state index in [1.165, 1.54) is 11.1 Å². The largest absolute Gasteiger partial charge is 0.365 e. The van der Waals surface area contributed by atoms with Gasteiger partial charge in [-0.1, -0.05) is 24.3 Å². The van der Waals surface area contributed by atoms with Crippen LogP contribution in [0.15, 0.2) is 42.7 Å². The van der Waals surface area contributed by atoms with Gasteiger partial charge in [0.05, 0.1) is 18.1 Å². The molecule has 0 spiro atoms. The summed E-state index contributed by atoms with van der Waals surface area (Å²) in [7, 11) is 2.15. The van der Waals surface area contributed by atoms with Crippen LogP contribution in [0.5, 0.6) is 0 Å². The van der Waals surface area contributed by atoms with Crippen LogP contribution in [0, 0.1) is 13.8 Å². The number of aromatic nitrogens is 4. The van der Waals surface area contributed by atoms with Crippen molar-refractivity contribution in [3.05, 3.63) is 65.2 Å². The summed E-state index contributed by atoms with van der Waals surface area (Å²) in [6.45, 7) is 10.0. The third-order valence-corrected chi connectivity index (χ3v) is 4.73. The lowest BCUT2D eigenvalue weighted by Gasteiger charge is -2.22. The Kier molecular flexibility index (Phi) is 5.86. The molecule has 0 saturated carbocycles. The Labute approximate surface area is 161 Å². The highest BCUT2D eigenvalue weighted by Gasteiger charge is 2.09. The van der Waals surface area contributed by atoms with E-state index >= 15 is 0 Å². The average molecular weight is 364 g/mol. The maximum atomic E-state index is 4.67. The lowest BCUT2D eigenvalue weighted by Crippen LogP contribution is -2.26. The van der Waals surface area contributed by atoms with Gasteiger partial charge in [0.1, 0.15) is 5.82 Å². The lowest BCUT2D eigenvalue weighted by molar-refractivity contribution is 0.265. The molecule has 2 heterocycles. The zero-order valence-electron chi connectivity index (χ0n) is 16.8. The molecule has 1 N–H and O–H groups in total. The van der Waals surface area contributed by atoms with E-state index in [-0.39, 0.29) is 0 Å². The molecule has 0 aliphatic heterocycles. The van der Waals surface area contributed by atoms with Gasteiger partial charge in [0.2, 0.25) is 0 Å². The van der Waals surface area contributed by atoms with Crippen LogP contribution >= 0.6 is 0 Å². The Morgan fingerprint density at radius 3 is 2.52 bits per heavy atom. The Balaban J connectivity index is 1.74. The maximum absolute atomic E-state index is 4.67. The van der Waals surface area contributed by atoms with Crippen LogP contribution < -0.4 is 5.32 Å². The van der Waals surface area contributed by atoms with Gasteiger partial charge in [-0.15, -0.1) is 0 Å². The number of hydrogen-bond donors (Lipinski definition) is 1. The fourth-order valence-electron chi connectivity index (χ4n) is 2.92. The number of benzene rings is 1. The zero-order valence-corrected chi connectivity index (χ0v) is 16.8. The van der Waals surface area contributed by atoms with Gasteiger partial charge < -0.3 is 5.32 Å². The van der Waals surface area contributed by atoms with Crippen LogP contribution in [0.2, 0.25) is 0 Å². The summed E-state index contributed by atoms with van der Waals surface area (Å²) in [6.07, 6.45) is 3.48. The van der Waals surface area contributed by atoms with E-state index in [0.29, 0.717) is 12.6 Å². The number of nitrogens with one attached hydrogen (secondary N) is 1. The molecule has 0 fully saturated rings. The predicted octanol–water partition coefficient (Wildman–Crippen LogP) is 3.73. The molecule has 0 amide bonds. The minimum absolute atomic E-state index is 0.509. The summed E-state index contributed by atoms with van der Waals surface area (Å²) in [4.78, 5) is 11.3. The van der Waals surface area contributed by atoms with Crippen LogP contribution in [0.25, 0.3) is 5.82 Å². The summed E-state index contributed by atoms with van der Waals surface area (Å²) in [5, 5.41) is 7.89. The molecule has 142 valence electrons. The quantitative estimate of drug-likeness (QED) is 0.692. The second kappa shape index (κ2) is 8.31. The molecule has 2 aromatic heterocycles. The standard InChI is InChI=1S/C21H28N6/c1-15(2)26(5)14-19-9-7-6-8-18(19)11-23-20-12-22-13-21(24-20)27-17(4)10-16(3)25-27/h6-10,12-13,15H,11,14H2,1-5H3,(H,23,24). The second-order valence-electron chi connectivity index (χ2n) is 7.23. The summed E-state index contributed by atoms with van der Waals surface area (Å²) < 4.78 is 1.82. The molecule has 0 atom stereocenters. The third-order valence-electron chi connectivity index (χ3n) is 4.73. The van der Waals surface area contributed by atoms with Crippen molar-refractivity contribution in [2.75, 3.05) is 12.4 Å². The van der Waals surface area contributed by atoms with Crippen LogP contribution in [0.4, 0.5) is 5.82 Å². The lowest BCUT2D eigenvalue weighted by atomic mass is 10.1. The predicted molar refractivity (Wildman–Crippen MR) is 109 cm³/mol. The number of anilines is 1. The Morgan fingerprint density at radius 2 is 1.85 bits per heavy atom. The van der Waals surface area contributed by atoms with Gasteiger partial charge in [0, 0.05) is 24.8 Å². The molecule has 3 rings (SSSR count). The summed E-state index contributed by atoms with van der Waals surface area (Å²) in [5.74, 6) is 1.46. The minimum Gasteiger partial charge on any atom is -0.365 e. The zero-order chi connectivity index (χ0) is 19.4. The minimum atomic E-state index is 0.509. The molecule has 0 bridgehead atoms. The van der Waals surface area contributed by atoms with E-state index in [1.54, 1.807) is 12.4 Å². The first-order valence-electron chi connectivity index (χ1n) is 9.30. The summed E-state index contributed by atoms with van der Waals surface area (Å²) in [5.41, 5.74) is 4.60. The van der Waals surface area contributed by atoms with Crippen LogP contribution in [0.1, 0.15) is 36.4 Å². The monoisotopic (exact) mass is 364 g/mol. The molecular formula is C21H28N6. The van der Waals surface area contributed by atoms with Crippen LogP contribution in [0.3, 0.4) is 0 Å². The van der Waals surface area contributed by atoms with Gasteiger partial charge >= 0.3 is 0 Å². The van der Waals surface area contributed by atoms with E-state index in [4.69, 9.17) is 0 Å². The van der Waals surface area contributed by atoms with E-state index < -0.39 is 0 Å². The van der Waals surface area contributed by atoms with Crippen molar-refractivity contribution in [2.24, 2.45) is 0 Å². The van der Waals surface area contributed by atoms with Crippen LogP contribution in [-0.4, -0.2) is 37.7 Å². The van der Waals surface area contributed by atoms with Crippen molar-refractivity contribution in [1.29, 1.82) is 0 Å². The van der Waals surface area contributed by atoms with Gasteiger partial charge in [0.15, 0.2) is 5.82 Å². The summed E-state index contributed by atoms with van der Waals surface area (Å²) in [6, 6.07) is 11.1. The Morgan fingerprint density at radius 1 is 1.11 bits per heavy atom. The van der Waals surface area contributed by atoms with E-state index in [0.717, 1.165) is 29.6 Å². The fourth-order valence-corrected chi connectivity index (χ4v) is 2.92. The molecule has 0 radical (unpaired) electrons. The number of rotatable bonds is 7. The average Bonchev–Trinajstić information content (AvgIpc) is 2.99. The second-order valence-corrected chi connectivity index (χ2v) is 7.23. The Hall–Kier alpha value is -2.73. The van der Waals surface area contributed by atoms with E-state index in [2.05, 4.69) is 70.4 Å². The molecule has 3 aromatic rings. The Bertz CT molecular complexity index is 899. The molecule has 27 heavy (non-hydrogen) atoms. The molecule has 1 aromatic carbocycles. The van der Waals surface area contributed by atoms with Crippen molar-refractivity contribution >= 4 is 5.82 Å².